The summed E-state index contributed by atoms with van der Waals surface area (Å²) in [5.41, 5.74) is 5.27. The smallest absolute Gasteiger partial charge is 0.257 e. The summed E-state index contributed by atoms with van der Waals surface area (Å²) in [7, 11) is 0. The maximum atomic E-state index is 13.0. The fraction of sp³-hybridized carbons (Fsp3) is 0.379. The van der Waals surface area contributed by atoms with E-state index in [1.165, 1.54) is 12.5 Å². The van der Waals surface area contributed by atoms with E-state index in [0.717, 1.165) is 40.9 Å². The van der Waals surface area contributed by atoms with Crippen LogP contribution >= 0.6 is 0 Å². The first-order valence-electron chi connectivity index (χ1n) is 11.9. The number of carbonyl (C=O) groups is 1. The summed E-state index contributed by atoms with van der Waals surface area (Å²) in [6.45, 7) is 10.9. The van der Waals surface area contributed by atoms with Gasteiger partial charge in [0.2, 0.25) is 0 Å². The van der Waals surface area contributed by atoms with E-state index >= 15 is 0 Å². The molecule has 0 spiro atoms. The SMILES string of the molecule is CC#Cc1c(-c2cccc(O)c2)cc(C(C)C)nc1CCC(C)N(CCC)C(=O)c1ccoc1. The van der Waals surface area contributed by atoms with Crippen molar-refractivity contribution in [3.63, 3.8) is 0 Å². The van der Waals surface area contributed by atoms with Gasteiger partial charge < -0.3 is 14.4 Å². The third-order valence-electron chi connectivity index (χ3n) is 5.94. The second kappa shape index (κ2) is 11.6. The molecule has 2 heterocycles. The number of rotatable bonds is 9. The number of aromatic hydroxyl groups is 1. The van der Waals surface area contributed by atoms with Gasteiger partial charge in [-0.25, -0.2) is 0 Å². The molecule has 0 bridgehead atoms. The van der Waals surface area contributed by atoms with Gasteiger partial charge in [0, 0.05) is 23.8 Å². The number of amides is 1. The second-order valence-corrected chi connectivity index (χ2v) is 8.89. The van der Waals surface area contributed by atoms with E-state index in [2.05, 4.69) is 45.6 Å². The van der Waals surface area contributed by atoms with Crippen LogP contribution in [-0.4, -0.2) is 33.5 Å². The zero-order chi connectivity index (χ0) is 24.7. The van der Waals surface area contributed by atoms with Crippen molar-refractivity contribution in [3.05, 3.63) is 71.4 Å². The summed E-state index contributed by atoms with van der Waals surface area (Å²) in [4.78, 5) is 19.9. The molecule has 0 aliphatic rings. The number of pyridine rings is 1. The van der Waals surface area contributed by atoms with Crippen molar-refractivity contribution in [2.45, 2.75) is 65.8 Å². The zero-order valence-electron chi connectivity index (χ0n) is 20.8. The third-order valence-corrected chi connectivity index (χ3v) is 5.94. The lowest BCUT2D eigenvalue weighted by atomic mass is 9.93. The number of benzene rings is 1. The van der Waals surface area contributed by atoms with Crippen molar-refractivity contribution >= 4 is 5.91 Å². The Morgan fingerprint density at radius 3 is 2.62 bits per heavy atom. The number of phenolic OH excluding ortho intramolecular Hbond substituents is 1. The first kappa shape index (κ1) is 25.1. The Labute approximate surface area is 202 Å². The van der Waals surface area contributed by atoms with Crippen LogP contribution in [0.1, 0.15) is 80.7 Å². The molecule has 0 saturated heterocycles. The standard InChI is InChI=1S/C29H34N2O3/c1-6-9-25-26(22-10-8-11-24(32)17-22)18-28(20(3)4)30-27(25)13-12-21(5)31(15-7-2)29(33)23-14-16-34-19-23/h8,10-11,14,16-21,32H,7,12-13,15H2,1-5H3. The number of furan rings is 1. The van der Waals surface area contributed by atoms with Crippen LogP contribution in [0.3, 0.4) is 0 Å². The molecule has 5 heteroatoms. The Kier molecular flexibility index (Phi) is 8.54. The number of phenols is 1. The largest absolute Gasteiger partial charge is 0.508 e. The molecule has 1 atom stereocenters. The number of hydrogen-bond acceptors (Lipinski definition) is 4. The predicted octanol–water partition coefficient (Wildman–Crippen LogP) is 6.42. The lowest BCUT2D eigenvalue weighted by molar-refractivity contribution is 0.0683. The highest BCUT2D eigenvalue weighted by atomic mass is 16.3. The summed E-state index contributed by atoms with van der Waals surface area (Å²) in [6, 6.07) is 11.1. The summed E-state index contributed by atoms with van der Waals surface area (Å²) >= 11 is 0. The van der Waals surface area contributed by atoms with E-state index in [-0.39, 0.29) is 23.6 Å². The minimum absolute atomic E-state index is 0.0130. The fourth-order valence-corrected chi connectivity index (χ4v) is 4.08. The predicted molar refractivity (Wildman–Crippen MR) is 136 cm³/mol. The van der Waals surface area contributed by atoms with Crippen LogP contribution in [0.25, 0.3) is 11.1 Å². The average Bonchev–Trinajstić information content (AvgIpc) is 3.36. The molecule has 0 radical (unpaired) electrons. The third kappa shape index (κ3) is 5.88. The van der Waals surface area contributed by atoms with Crippen molar-refractivity contribution in [1.29, 1.82) is 0 Å². The van der Waals surface area contributed by atoms with E-state index in [1.54, 1.807) is 18.2 Å². The van der Waals surface area contributed by atoms with Gasteiger partial charge in [-0.1, -0.05) is 38.8 Å². The summed E-state index contributed by atoms with van der Waals surface area (Å²) in [5, 5.41) is 10.1. The van der Waals surface area contributed by atoms with Gasteiger partial charge in [0.25, 0.3) is 5.91 Å². The second-order valence-electron chi connectivity index (χ2n) is 8.89. The maximum Gasteiger partial charge on any atom is 0.257 e. The Balaban J connectivity index is 1.96. The number of carbonyl (C=O) groups excluding carboxylic acids is 1. The van der Waals surface area contributed by atoms with Crippen LogP contribution in [0.4, 0.5) is 0 Å². The first-order valence-corrected chi connectivity index (χ1v) is 11.9. The molecule has 3 aromatic rings. The molecule has 1 N–H and O–H groups in total. The molecule has 0 fully saturated rings. The van der Waals surface area contributed by atoms with Gasteiger partial charge in [-0.05, 0) is 68.9 Å². The molecule has 0 aliphatic heterocycles. The van der Waals surface area contributed by atoms with E-state index in [0.29, 0.717) is 18.5 Å². The highest BCUT2D eigenvalue weighted by molar-refractivity contribution is 5.94. The van der Waals surface area contributed by atoms with Crippen molar-refractivity contribution < 1.29 is 14.3 Å². The Morgan fingerprint density at radius 2 is 2.00 bits per heavy atom. The normalized spacial score (nSPS) is 11.7. The van der Waals surface area contributed by atoms with Gasteiger partial charge in [0.05, 0.1) is 23.1 Å². The molecule has 1 amide bonds. The molecule has 3 rings (SSSR count). The van der Waals surface area contributed by atoms with E-state index < -0.39 is 0 Å². The van der Waals surface area contributed by atoms with Crippen molar-refractivity contribution in [2.75, 3.05) is 6.54 Å². The Morgan fingerprint density at radius 1 is 1.21 bits per heavy atom. The minimum atomic E-state index is -0.0130. The molecule has 1 aromatic carbocycles. The molecule has 2 aromatic heterocycles. The van der Waals surface area contributed by atoms with E-state index in [9.17, 15) is 9.90 Å². The topological polar surface area (TPSA) is 66.6 Å². The lowest BCUT2D eigenvalue weighted by Crippen LogP contribution is -2.39. The minimum Gasteiger partial charge on any atom is -0.508 e. The van der Waals surface area contributed by atoms with Crippen LogP contribution in [0.2, 0.25) is 0 Å². The lowest BCUT2D eigenvalue weighted by Gasteiger charge is -2.29. The monoisotopic (exact) mass is 458 g/mol. The van der Waals surface area contributed by atoms with Crippen LogP contribution in [-0.2, 0) is 6.42 Å². The van der Waals surface area contributed by atoms with Crippen molar-refractivity contribution in [3.8, 4) is 28.7 Å². The summed E-state index contributed by atoms with van der Waals surface area (Å²) < 4.78 is 5.12. The molecule has 0 saturated carbocycles. The quantitative estimate of drug-likeness (QED) is 0.376. The molecule has 5 nitrogen and oxygen atoms in total. The molecular weight excluding hydrogens is 424 g/mol. The summed E-state index contributed by atoms with van der Waals surface area (Å²) in [5.74, 6) is 6.76. The molecule has 178 valence electrons. The average molecular weight is 459 g/mol. The van der Waals surface area contributed by atoms with Gasteiger partial charge in [-0.3, -0.25) is 9.78 Å². The van der Waals surface area contributed by atoms with E-state index in [1.807, 2.05) is 24.0 Å². The maximum absolute atomic E-state index is 13.0. The number of aryl methyl sites for hydroxylation is 1. The Hall–Kier alpha value is -3.52. The van der Waals surface area contributed by atoms with Crippen LogP contribution < -0.4 is 0 Å². The van der Waals surface area contributed by atoms with Crippen molar-refractivity contribution in [1.82, 2.24) is 9.88 Å². The molecule has 0 aliphatic carbocycles. The van der Waals surface area contributed by atoms with Crippen LogP contribution in [0, 0.1) is 11.8 Å². The molecule has 1 unspecified atom stereocenters. The Bertz CT molecular complexity index is 1170. The van der Waals surface area contributed by atoms with Crippen LogP contribution in [0.5, 0.6) is 5.75 Å². The summed E-state index contributed by atoms with van der Waals surface area (Å²) in [6.07, 6.45) is 5.36. The molecule has 34 heavy (non-hydrogen) atoms. The van der Waals surface area contributed by atoms with Gasteiger partial charge in [0.15, 0.2) is 0 Å². The van der Waals surface area contributed by atoms with Crippen LogP contribution in [0.15, 0.2) is 53.3 Å². The van der Waals surface area contributed by atoms with Gasteiger partial charge >= 0.3 is 0 Å². The number of hydrogen-bond donors (Lipinski definition) is 1. The number of nitrogens with zero attached hydrogens (tertiary/aromatic N) is 2. The fourth-order valence-electron chi connectivity index (χ4n) is 4.08. The van der Waals surface area contributed by atoms with Gasteiger partial charge in [-0.2, -0.15) is 0 Å². The number of aromatic nitrogens is 1. The molecular formula is C29H34N2O3. The van der Waals surface area contributed by atoms with Gasteiger partial charge in [0.1, 0.15) is 12.0 Å². The highest BCUT2D eigenvalue weighted by Crippen LogP contribution is 2.31. The zero-order valence-corrected chi connectivity index (χ0v) is 20.8. The van der Waals surface area contributed by atoms with E-state index in [4.69, 9.17) is 9.40 Å². The van der Waals surface area contributed by atoms with Gasteiger partial charge in [-0.15, -0.1) is 5.92 Å². The highest BCUT2D eigenvalue weighted by Gasteiger charge is 2.23. The van der Waals surface area contributed by atoms with Crippen molar-refractivity contribution in [2.24, 2.45) is 0 Å². The first-order chi connectivity index (χ1) is 16.3.